The fourth-order valence-corrected chi connectivity index (χ4v) is 10.8. The highest BCUT2D eigenvalue weighted by molar-refractivity contribution is 6.28. The summed E-state index contributed by atoms with van der Waals surface area (Å²) in [6.45, 7) is 4.33. The predicted molar refractivity (Wildman–Crippen MR) is 311 cm³/mol. The summed E-state index contributed by atoms with van der Waals surface area (Å²) in [6, 6.07) is 93.8. The van der Waals surface area contributed by atoms with Crippen LogP contribution in [0.4, 0.5) is 17.1 Å². The molecular weight excluding hydrogens is 867 g/mol. The van der Waals surface area contributed by atoms with Crippen LogP contribution in [0.3, 0.4) is 0 Å². The number of aryl methyl sites for hydroxylation is 2. The number of fused-ring (bicyclic) bond motifs is 4. The summed E-state index contributed by atoms with van der Waals surface area (Å²) in [4.78, 5) is 2.47. The minimum absolute atomic E-state index is 0.0271. The van der Waals surface area contributed by atoms with Gasteiger partial charge in [-0.2, -0.15) is 0 Å². The maximum Gasteiger partial charge on any atom is 0.0618 e. The van der Waals surface area contributed by atoms with Crippen LogP contribution in [0.1, 0.15) is 56.0 Å². The van der Waals surface area contributed by atoms with Crippen molar-refractivity contribution in [3.8, 4) is 11.1 Å². The van der Waals surface area contributed by atoms with Crippen molar-refractivity contribution in [2.24, 2.45) is 0 Å². The summed E-state index contributed by atoms with van der Waals surface area (Å²) in [5, 5.41) is 9.79. The first-order chi connectivity index (χ1) is 35.6. The highest BCUT2D eigenvalue weighted by atomic mass is 15.1. The van der Waals surface area contributed by atoms with Gasteiger partial charge in [0.05, 0.1) is 5.69 Å². The third-order valence-corrected chi connectivity index (χ3v) is 14.3. The lowest BCUT2D eigenvalue weighted by atomic mass is 9.77. The molecule has 0 aromatic heterocycles. The molecule has 0 saturated carbocycles. The summed E-state index contributed by atoms with van der Waals surface area (Å²) in [5.74, 6) is -0.0271. The molecule has 0 aliphatic heterocycles. The number of hydrogen-bond acceptors (Lipinski definition) is 1. The van der Waals surface area contributed by atoms with E-state index in [1.807, 2.05) is 0 Å². The Hall–Kier alpha value is -9.04. The van der Waals surface area contributed by atoms with E-state index in [1.54, 1.807) is 0 Å². The molecule has 0 N–H and O–H groups in total. The molecule has 72 heavy (non-hydrogen) atoms. The molecule has 1 unspecified atom stereocenters. The van der Waals surface area contributed by atoms with Crippen LogP contribution in [0, 0.1) is 13.8 Å². The topological polar surface area (TPSA) is 3.24 Å². The van der Waals surface area contributed by atoms with E-state index in [9.17, 15) is 0 Å². The van der Waals surface area contributed by atoms with Crippen molar-refractivity contribution in [1.29, 1.82) is 0 Å². The zero-order chi connectivity index (χ0) is 48.4. The van der Waals surface area contributed by atoms with Gasteiger partial charge in [-0.3, -0.25) is 0 Å². The molecule has 0 saturated heterocycles. The smallest absolute Gasteiger partial charge is 0.0618 e. The average Bonchev–Trinajstić information content (AvgIpc) is 3.44. The van der Waals surface area contributed by atoms with E-state index in [0.29, 0.717) is 0 Å². The van der Waals surface area contributed by atoms with Crippen LogP contribution >= 0.6 is 0 Å². The highest BCUT2D eigenvalue weighted by Gasteiger charge is 2.28. The van der Waals surface area contributed by atoms with Gasteiger partial charge in [-0.05, 0) is 121 Å². The maximum absolute atomic E-state index is 2.47. The standard InChI is InChI=1S/C71H53N/c1-49-29-41-55(42-30-49)67(56-43-37-53(38-44-56)35-33-51-17-5-3-6-18-51)68-59-21-9-11-23-61(59)69(62-24-12-10-22-60(62)68)70-63-25-13-15-27-65(63)71(66-28-16-14-26-64(66)70)72(57-45-31-50(2)32-46-57)58-47-39-54(40-48-58)36-34-52-19-7-4-8-20-52/h3-48,67H,1-2H3. The van der Waals surface area contributed by atoms with Gasteiger partial charge in [0, 0.05) is 28.1 Å². The molecule has 12 rings (SSSR count). The SMILES string of the molecule is Cc1ccc(C(c2ccc(C=Cc3ccccc3)cc2)c2c3ccccc3c(-c3c4ccccc4c(N(c4ccc(C)cc4)c4ccc(C=Cc5ccccc5)cc4)c4ccccc34)c3ccccc23)cc1. The minimum Gasteiger partial charge on any atom is -0.309 e. The van der Waals surface area contributed by atoms with E-state index in [0.717, 1.165) is 22.6 Å². The fraction of sp³-hybridized carbons (Fsp3) is 0.0423. The lowest BCUT2D eigenvalue weighted by molar-refractivity contribution is 0.998. The van der Waals surface area contributed by atoms with E-state index in [1.165, 1.54) is 98.7 Å². The van der Waals surface area contributed by atoms with E-state index in [4.69, 9.17) is 0 Å². The van der Waals surface area contributed by atoms with Crippen LogP contribution in [0.5, 0.6) is 0 Å². The monoisotopic (exact) mass is 919 g/mol. The van der Waals surface area contributed by atoms with Crippen molar-refractivity contribution < 1.29 is 0 Å². The van der Waals surface area contributed by atoms with Gasteiger partial charge in [-0.25, -0.2) is 0 Å². The lowest BCUT2D eigenvalue weighted by Gasteiger charge is -2.30. The summed E-state index contributed by atoms with van der Waals surface area (Å²) >= 11 is 0. The Morgan fingerprint density at radius 2 is 0.569 bits per heavy atom. The molecule has 1 atom stereocenters. The molecule has 1 heteroatoms. The summed E-state index contributed by atoms with van der Waals surface area (Å²) in [7, 11) is 0. The molecule has 342 valence electrons. The second kappa shape index (κ2) is 19.4. The third kappa shape index (κ3) is 8.46. The Labute approximate surface area is 422 Å². The van der Waals surface area contributed by atoms with Crippen LogP contribution in [-0.4, -0.2) is 0 Å². The van der Waals surface area contributed by atoms with Crippen molar-refractivity contribution in [1.82, 2.24) is 0 Å². The molecule has 0 bridgehead atoms. The normalized spacial score (nSPS) is 12.1. The van der Waals surface area contributed by atoms with Crippen LogP contribution in [0.2, 0.25) is 0 Å². The molecule has 12 aromatic rings. The van der Waals surface area contributed by atoms with Gasteiger partial charge in [0.25, 0.3) is 0 Å². The summed E-state index contributed by atoms with van der Waals surface area (Å²) in [6.07, 6.45) is 8.77. The van der Waals surface area contributed by atoms with Crippen LogP contribution in [0.15, 0.2) is 255 Å². The first kappa shape index (κ1) is 44.2. The van der Waals surface area contributed by atoms with Gasteiger partial charge in [0.1, 0.15) is 0 Å². The van der Waals surface area contributed by atoms with Crippen molar-refractivity contribution in [3.05, 3.63) is 305 Å². The molecule has 0 aliphatic carbocycles. The second-order valence-electron chi connectivity index (χ2n) is 19.0. The van der Waals surface area contributed by atoms with Gasteiger partial charge < -0.3 is 4.90 Å². The molecule has 0 aliphatic rings. The molecule has 0 amide bonds. The van der Waals surface area contributed by atoms with Crippen LogP contribution in [0.25, 0.3) is 78.5 Å². The minimum atomic E-state index is -0.0271. The number of nitrogens with zero attached hydrogens (tertiary/aromatic N) is 1. The Morgan fingerprint density at radius 3 is 0.986 bits per heavy atom. The molecule has 0 heterocycles. The Balaban J connectivity index is 1.08. The van der Waals surface area contributed by atoms with Gasteiger partial charge >= 0.3 is 0 Å². The van der Waals surface area contributed by atoms with Crippen LogP contribution in [-0.2, 0) is 0 Å². The largest absolute Gasteiger partial charge is 0.309 e. The number of rotatable bonds is 11. The number of hydrogen-bond donors (Lipinski definition) is 0. The van der Waals surface area contributed by atoms with Gasteiger partial charge in [-0.1, -0.05) is 266 Å². The maximum atomic E-state index is 2.47. The molecule has 12 aromatic carbocycles. The molecule has 1 nitrogen and oxygen atoms in total. The van der Waals surface area contributed by atoms with Gasteiger partial charge in [-0.15, -0.1) is 0 Å². The fourth-order valence-electron chi connectivity index (χ4n) is 10.8. The van der Waals surface area contributed by atoms with E-state index in [-0.39, 0.29) is 5.92 Å². The number of benzene rings is 12. The van der Waals surface area contributed by atoms with E-state index < -0.39 is 0 Å². The van der Waals surface area contributed by atoms with Gasteiger partial charge in [0.2, 0.25) is 0 Å². The predicted octanol–water partition coefficient (Wildman–Crippen LogP) is 19.6. The van der Waals surface area contributed by atoms with E-state index in [2.05, 4.69) is 298 Å². The van der Waals surface area contributed by atoms with Gasteiger partial charge in [0.15, 0.2) is 0 Å². The van der Waals surface area contributed by atoms with Crippen molar-refractivity contribution in [3.63, 3.8) is 0 Å². The Kier molecular flexibility index (Phi) is 11.9. The molecular formula is C71H53N. The van der Waals surface area contributed by atoms with E-state index >= 15 is 0 Å². The third-order valence-electron chi connectivity index (χ3n) is 14.3. The van der Waals surface area contributed by atoms with Crippen molar-refractivity contribution in [2.75, 3.05) is 4.90 Å². The zero-order valence-electron chi connectivity index (χ0n) is 40.6. The quantitative estimate of drug-likeness (QED) is 0.0710. The first-order valence-corrected chi connectivity index (χ1v) is 25.0. The molecule has 0 fully saturated rings. The number of anilines is 3. The average molecular weight is 920 g/mol. The molecule has 0 radical (unpaired) electrons. The molecule has 0 spiro atoms. The van der Waals surface area contributed by atoms with Crippen LogP contribution < -0.4 is 4.90 Å². The lowest BCUT2D eigenvalue weighted by Crippen LogP contribution is -2.11. The Bertz CT molecular complexity index is 3560. The Morgan fingerprint density at radius 1 is 0.278 bits per heavy atom. The van der Waals surface area contributed by atoms with Crippen molar-refractivity contribution in [2.45, 2.75) is 19.8 Å². The summed E-state index contributed by atoms with van der Waals surface area (Å²) < 4.78 is 0. The highest BCUT2D eigenvalue weighted by Crippen LogP contribution is 2.52. The first-order valence-electron chi connectivity index (χ1n) is 25.0. The van der Waals surface area contributed by atoms with Crippen molar-refractivity contribution >= 4 is 84.5 Å². The summed E-state index contributed by atoms with van der Waals surface area (Å²) in [5.41, 5.74) is 16.9. The zero-order valence-corrected chi connectivity index (χ0v) is 40.6. The second-order valence-corrected chi connectivity index (χ2v) is 19.0.